The Morgan fingerprint density at radius 3 is 2.62 bits per heavy atom. The maximum Gasteiger partial charge on any atom is 0.471 e. The van der Waals surface area contributed by atoms with E-state index in [2.05, 4.69) is 36.3 Å². The predicted molar refractivity (Wildman–Crippen MR) is 103 cm³/mol. The summed E-state index contributed by atoms with van der Waals surface area (Å²) in [5.41, 5.74) is 1.10. The molecule has 0 unspecified atom stereocenters. The van der Waals surface area contributed by atoms with Crippen molar-refractivity contribution >= 4 is 18.0 Å². The molecule has 0 aliphatic heterocycles. The Morgan fingerprint density at radius 1 is 1.34 bits per heavy atom. The third kappa shape index (κ3) is 6.53. The number of aromatic nitrogens is 3. The maximum atomic E-state index is 12.7. The molecule has 0 fully saturated rings. The highest BCUT2D eigenvalue weighted by Crippen LogP contribution is 2.29. The molecule has 0 aromatic carbocycles. The Morgan fingerprint density at radius 2 is 2.10 bits per heavy atom. The number of rotatable bonds is 9. The van der Waals surface area contributed by atoms with Gasteiger partial charge in [0.05, 0.1) is 24.2 Å². The number of hydrogen-bond donors (Lipinski definition) is 0. The van der Waals surface area contributed by atoms with E-state index in [1.807, 2.05) is 14.1 Å². The number of pyridine rings is 1. The van der Waals surface area contributed by atoms with Gasteiger partial charge >= 0.3 is 12.1 Å². The molecule has 2 aromatic rings. The van der Waals surface area contributed by atoms with E-state index in [9.17, 15) is 13.2 Å². The summed E-state index contributed by atoms with van der Waals surface area (Å²) in [5.74, 6) is -1.01. The lowest BCUT2D eigenvalue weighted by Crippen LogP contribution is -2.15. The highest BCUT2D eigenvalue weighted by molar-refractivity contribution is 5.81. The van der Waals surface area contributed by atoms with Crippen LogP contribution < -0.4 is 4.74 Å². The molecule has 29 heavy (non-hydrogen) atoms. The Hall–Kier alpha value is -3.01. The standard InChI is InChI=1S/C19H22F3N5O2/c1-5-13(17-25-18(29-26-17)19(20,21)22)11-16(23-2)15-8-7-14(12-24-15)28-10-6-9-27(3)4/h5,7-8,11-12H,2,6,9-10H2,1,3-4H3/b13-5+,16-11-. The van der Waals surface area contributed by atoms with E-state index in [0.29, 0.717) is 23.7 Å². The van der Waals surface area contributed by atoms with Crippen LogP contribution in [0.1, 0.15) is 30.8 Å². The van der Waals surface area contributed by atoms with Crippen LogP contribution in [0.25, 0.3) is 11.3 Å². The zero-order valence-electron chi connectivity index (χ0n) is 16.4. The minimum Gasteiger partial charge on any atom is -0.492 e. The second kappa shape index (κ2) is 9.97. The maximum absolute atomic E-state index is 12.7. The number of hydrogen-bond acceptors (Lipinski definition) is 7. The molecule has 0 bridgehead atoms. The Labute approximate surface area is 166 Å². The topological polar surface area (TPSA) is 76.6 Å². The average molecular weight is 409 g/mol. The molecule has 2 heterocycles. The molecule has 0 spiro atoms. The number of alkyl halides is 3. The van der Waals surface area contributed by atoms with Crippen molar-refractivity contribution in [1.82, 2.24) is 20.0 Å². The van der Waals surface area contributed by atoms with Gasteiger partial charge in [-0.25, -0.2) is 0 Å². The van der Waals surface area contributed by atoms with Gasteiger partial charge in [-0.3, -0.25) is 9.98 Å². The van der Waals surface area contributed by atoms with Crippen molar-refractivity contribution in [2.45, 2.75) is 19.5 Å². The number of nitrogens with zero attached hydrogens (tertiary/aromatic N) is 5. The molecule has 0 aliphatic rings. The first-order valence-corrected chi connectivity index (χ1v) is 8.74. The van der Waals surface area contributed by atoms with Crippen LogP contribution in [-0.2, 0) is 6.18 Å². The fourth-order valence-corrected chi connectivity index (χ4v) is 2.27. The van der Waals surface area contributed by atoms with Crippen LogP contribution in [-0.4, -0.2) is 54.0 Å². The molecular weight excluding hydrogens is 387 g/mol. The summed E-state index contributed by atoms with van der Waals surface area (Å²) in [6, 6.07) is 3.43. The lowest BCUT2D eigenvalue weighted by molar-refractivity contribution is -0.159. The van der Waals surface area contributed by atoms with E-state index < -0.39 is 12.1 Å². The highest BCUT2D eigenvalue weighted by atomic mass is 19.4. The van der Waals surface area contributed by atoms with Gasteiger partial charge in [0, 0.05) is 12.1 Å². The molecule has 0 saturated heterocycles. The molecular formula is C19H22F3N5O2. The Kier molecular flexibility index (Phi) is 7.66. The molecule has 0 aliphatic carbocycles. The lowest BCUT2D eigenvalue weighted by Gasteiger charge is -2.10. The monoisotopic (exact) mass is 409 g/mol. The molecule has 0 N–H and O–H groups in total. The molecule has 156 valence electrons. The summed E-state index contributed by atoms with van der Waals surface area (Å²) in [6.45, 7) is 6.60. The number of aliphatic imine (C=N–C) groups is 1. The van der Waals surface area contributed by atoms with Crippen molar-refractivity contribution in [2.24, 2.45) is 4.99 Å². The first-order chi connectivity index (χ1) is 13.7. The normalized spacial score (nSPS) is 13.1. The summed E-state index contributed by atoms with van der Waals surface area (Å²) in [6.07, 6.45) is 0.743. The van der Waals surface area contributed by atoms with Gasteiger partial charge in [-0.2, -0.15) is 18.2 Å². The summed E-state index contributed by atoms with van der Waals surface area (Å²) >= 11 is 0. The minimum atomic E-state index is -4.71. The largest absolute Gasteiger partial charge is 0.492 e. The SMILES string of the molecule is C=N/C(=C\C(=C/C)c1noc(C(F)(F)F)n1)c1ccc(OCCCN(C)C)cn1. The van der Waals surface area contributed by atoms with Crippen molar-refractivity contribution in [2.75, 3.05) is 27.2 Å². The zero-order chi connectivity index (χ0) is 21.4. The lowest BCUT2D eigenvalue weighted by atomic mass is 10.1. The summed E-state index contributed by atoms with van der Waals surface area (Å²) in [4.78, 5) is 13.6. The predicted octanol–water partition coefficient (Wildman–Crippen LogP) is 3.96. The van der Waals surface area contributed by atoms with Gasteiger partial charge < -0.3 is 14.2 Å². The summed E-state index contributed by atoms with van der Waals surface area (Å²) in [5, 5.41) is 3.38. The van der Waals surface area contributed by atoms with Crippen molar-refractivity contribution in [3.8, 4) is 5.75 Å². The van der Waals surface area contributed by atoms with Gasteiger partial charge in [0.1, 0.15) is 5.75 Å². The zero-order valence-corrected chi connectivity index (χ0v) is 16.4. The molecule has 0 atom stereocenters. The molecule has 7 nitrogen and oxygen atoms in total. The van der Waals surface area contributed by atoms with Crippen LogP contribution in [0.4, 0.5) is 13.2 Å². The van der Waals surface area contributed by atoms with Gasteiger partial charge in [-0.1, -0.05) is 11.2 Å². The molecule has 0 saturated carbocycles. The number of allylic oxidation sites excluding steroid dienone is 3. The first-order valence-electron chi connectivity index (χ1n) is 8.74. The van der Waals surface area contributed by atoms with Crippen LogP contribution in [0.15, 0.2) is 40.0 Å². The second-order valence-corrected chi connectivity index (χ2v) is 6.24. The Bertz CT molecular complexity index is 871. The van der Waals surface area contributed by atoms with Crippen molar-refractivity contribution < 1.29 is 22.4 Å². The second-order valence-electron chi connectivity index (χ2n) is 6.24. The van der Waals surface area contributed by atoms with E-state index in [1.165, 1.54) is 6.08 Å². The quantitative estimate of drug-likeness (QED) is 0.355. The minimum absolute atomic E-state index is 0.207. The molecule has 2 aromatic heterocycles. The van der Waals surface area contributed by atoms with E-state index in [1.54, 1.807) is 31.3 Å². The van der Waals surface area contributed by atoms with E-state index in [4.69, 9.17) is 4.74 Å². The van der Waals surface area contributed by atoms with Crippen molar-refractivity contribution in [3.05, 3.63) is 47.9 Å². The van der Waals surface area contributed by atoms with Crippen LogP contribution in [0, 0.1) is 0 Å². The fraction of sp³-hybridized carbons (Fsp3) is 0.368. The first kappa shape index (κ1) is 22.3. The van der Waals surface area contributed by atoms with Gasteiger partial charge in [0.2, 0.25) is 5.82 Å². The highest BCUT2D eigenvalue weighted by Gasteiger charge is 2.38. The number of ether oxygens (including phenoxy) is 1. The van der Waals surface area contributed by atoms with Gasteiger partial charge in [0.25, 0.3) is 0 Å². The summed E-state index contributed by atoms with van der Waals surface area (Å²) < 4.78 is 47.9. The van der Waals surface area contributed by atoms with Crippen LogP contribution >= 0.6 is 0 Å². The van der Waals surface area contributed by atoms with E-state index >= 15 is 0 Å². The van der Waals surface area contributed by atoms with Crippen LogP contribution in [0.3, 0.4) is 0 Å². The van der Waals surface area contributed by atoms with Crippen LogP contribution in [0.2, 0.25) is 0 Å². The van der Waals surface area contributed by atoms with Crippen LogP contribution in [0.5, 0.6) is 5.75 Å². The smallest absolute Gasteiger partial charge is 0.471 e. The van der Waals surface area contributed by atoms with Crippen molar-refractivity contribution in [1.29, 1.82) is 0 Å². The van der Waals surface area contributed by atoms with Gasteiger partial charge in [-0.15, -0.1) is 0 Å². The Balaban J connectivity index is 2.13. The molecule has 2 rings (SSSR count). The third-order valence-corrected chi connectivity index (χ3v) is 3.72. The van der Waals surface area contributed by atoms with Crippen molar-refractivity contribution in [3.63, 3.8) is 0 Å². The number of halogens is 3. The third-order valence-electron chi connectivity index (χ3n) is 3.72. The molecule has 0 amide bonds. The molecule has 10 heteroatoms. The average Bonchev–Trinajstić information content (AvgIpc) is 3.17. The van der Waals surface area contributed by atoms with Gasteiger partial charge in [-0.05, 0) is 52.4 Å². The molecule has 0 radical (unpaired) electrons. The fourth-order valence-electron chi connectivity index (χ4n) is 2.27. The summed E-state index contributed by atoms with van der Waals surface area (Å²) in [7, 11) is 3.98. The van der Waals surface area contributed by atoms with E-state index in [-0.39, 0.29) is 11.4 Å². The van der Waals surface area contributed by atoms with E-state index in [0.717, 1.165) is 13.0 Å². The van der Waals surface area contributed by atoms with Gasteiger partial charge in [0.15, 0.2) is 0 Å².